The average molecular weight is 449 g/mol. The van der Waals surface area contributed by atoms with Crippen molar-refractivity contribution in [2.75, 3.05) is 11.9 Å². The molecular formula is C25H19N7O2. The smallest absolute Gasteiger partial charge is 0.244 e. The van der Waals surface area contributed by atoms with Gasteiger partial charge in [0.1, 0.15) is 12.3 Å². The largest absolute Gasteiger partial charge is 0.438 e. The molecule has 0 fully saturated rings. The summed E-state index contributed by atoms with van der Waals surface area (Å²) in [5.41, 5.74) is 3.65. The van der Waals surface area contributed by atoms with Crippen LogP contribution in [0.25, 0.3) is 6.08 Å². The third-order valence-corrected chi connectivity index (χ3v) is 4.59. The standard InChI is InChI=1S/C25H19N7O2/c1-16-11-19(14-28)12-17(2)23(16)34-24-20(5-8-22(33)29-10-9-26)15-30-25(32-24)31-21-6-3-18(13-27)4-7-21/h3-8,11-12,15H,10H2,1-2H3,(H,29,33)(H,30,31,32)/b8-5+. The number of aromatic nitrogens is 2. The molecule has 0 saturated carbocycles. The Morgan fingerprint density at radius 2 is 1.74 bits per heavy atom. The highest BCUT2D eigenvalue weighted by Crippen LogP contribution is 2.32. The molecule has 0 spiro atoms. The van der Waals surface area contributed by atoms with Gasteiger partial charge in [-0.05, 0) is 67.4 Å². The van der Waals surface area contributed by atoms with Crippen molar-refractivity contribution in [3.8, 4) is 29.8 Å². The van der Waals surface area contributed by atoms with Crippen LogP contribution in [-0.4, -0.2) is 22.4 Å². The maximum atomic E-state index is 11.9. The zero-order valence-corrected chi connectivity index (χ0v) is 18.5. The van der Waals surface area contributed by atoms with Crippen molar-refractivity contribution in [1.29, 1.82) is 15.8 Å². The predicted octanol–water partition coefficient (Wildman–Crippen LogP) is 4.03. The molecule has 1 amide bonds. The Morgan fingerprint density at radius 3 is 2.35 bits per heavy atom. The molecule has 0 saturated heterocycles. The normalized spacial score (nSPS) is 10.1. The minimum Gasteiger partial charge on any atom is -0.438 e. The summed E-state index contributed by atoms with van der Waals surface area (Å²) in [6.45, 7) is 3.54. The topological polar surface area (TPSA) is 148 Å². The molecule has 0 radical (unpaired) electrons. The van der Waals surface area contributed by atoms with E-state index < -0.39 is 5.91 Å². The van der Waals surface area contributed by atoms with E-state index in [-0.39, 0.29) is 18.4 Å². The maximum Gasteiger partial charge on any atom is 0.244 e. The van der Waals surface area contributed by atoms with Gasteiger partial charge in [-0.25, -0.2) is 4.98 Å². The molecule has 0 atom stereocenters. The number of aryl methyl sites for hydroxylation is 2. The summed E-state index contributed by atoms with van der Waals surface area (Å²) in [4.78, 5) is 20.6. The lowest BCUT2D eigenvalue weighted by Gasteiger charge is -2.14. The molecule has 9 heteroatoms. The highest BCUT2D eigenvalue weighted by molar-refractivity contribution is 5.92. The molecule has 0 aliphatic rings. The van der Waals surface area contributed by atoms with Gasteiger partial charge >= 0.3 is 0 Å². The number of benzene rings is 2. The van der Waals surface area contributed by atoms with E-state index in [9.17, 15) is 10.1 Å². The number of hydrogen-bond acceptors (Lipinski definition) is 8. The van der Waals surface area contributed by atoms with E-state index in [1.54, 1.807) is 36.4 Å². The Balaban J connectivity index is 1.97. The van der Waals surface area contributed by atoms with Crippen LogP contribution in [0.3, 0.4) is 0 Å². The molecule has 0 bridgehead atoms. The van der Waals surface area contributed by atoms with Gasteiger partial charge in [-0.15, -0.1) is 0 Å². The number of nitrogens with one attached hydrogen (secondary N) is 2. The summed E-state index contributed by atoms with van der Waals surface area (Å²) >= 11 is 0. The first-order valence-electron chi connectivity index (χ1n) is 10.1. The van der Waals surface area contributed by atoms with Crippen molar-refractivity contribution in [2.24, 2.45) is 0 Å². The van der Waals surface area contributed by atoms with Crippen LogP contribution < -0.4 is 15.4 Å². The van der Waals surface area contributed by atoms with Crippen LogP contribution in [0.1, 0.15) is 27.8 Å². The monoisotopic (exact) mass is 449 g/mol. The predicted molar refractivity (Wildman–Crippen MR) is 125 cm³/mol. The number of rotatable bonds is 7. The molecule has 0 aliphatic carbocycles. The fourth-order valence-corrected chi connectivity index (χ4v) is 3.01. The number of ether oxygens (including phenoxy) is 1. The first kappa shape index (κ1) is 23.5. The first-order chi connectivity index (χ1) is 16.4. The zero-order valence-electron chi connectivity index (χ0n) is 18.5. The van der Waals surface area contributed by atoms with Crippen molar-refractivity contribution in [3.63, 3.8) is 0 Å². The van der Waals surface area contributed by atoms with Gasteiger partial charge in [-0.3, -0.25) is 4.79 Å². The second-order valence-corrected chi connectivity index (χ2v) is 7.13. The zero-order chi connectivity index (χ0) is 24.5. The van der Waals surface area contributed by atoms with Gasteiger partial charge in [0, 0.05) is 18.0 Å². The third-order valence-electron chi connectivity index (χ3n) is 4.59. The summed E-state index contributed by atoms with van der Waals surface area (Å²) in [6, 6.07) is 16.2. The van der Waals surface area contributed by atoms with Crippen LogP contribution in [0.2, 0.25) is 0 Å². The van der Waals surface area contributed by atoms with Gasteiger partial charge in [-0.1, -0.05) is 0 Å². The van der Waals surface area contributed by atoms with Crippen LogP contribution in [0, 0.1) is 47.8 Å². The number of carbonyl (C=O) groups is 1. The summed E-state index contributed by atoms with van der Waals surface area (Å²) in [6.07, 6.45) is 4.24. The third kappa shape index (κ3) is 5.94. The maximum absolute atomic E-state index is 11.9. The van der Waals surface area contributed by atoms with E-state index in [1.165, 1.54) is 18.3 Å². The van der Waals surface area contributed by atoms with Gasteiger partial charge in [0.2, 0.25) is 17.7 Å². The van der Waals surface area contributed by atoms with Gasteiger partial charge in [0.15, 0.2) is 0 Å². The minimum absolute atomic E-state index is 0.111. The summed E-state index contributed by atoms with van der Waals surface area (Å²) < 4.78 is 6.12. The number of amides is 1. The first-order valence-corrected chi connectivity index (χ1v) is 10.1. The molecule has 0 unspecified atom stereocenters. The number of hydrogen-bond donors (Lipinski definition) is 2. The summed E-state index contributed by atoms with van der Waals surface area (Å²) in [5, 5.41) is 32.2. The number of carbonyl (C=O) groups excluding carboxylic acids is 1. The highest BCUT2D eigenvalue weighted by atomic mass is 16.5. The van der Waals surface area contributed by atoms with E-state index in [2.05, 4.69) is 32.7 Å². The van der Waals surface area contributed by atoms with Crippen LogP contribution in [0.15, 0.2) is 48.7 Å². The molecule has 1 aromatic heterocycles. The summed E-state index contributed by atoms with van der Waals surface area (Å²) in [5.74, 6) is 0.518. The van der Waals surface area contributed by atoms with Crippen LogP contribution >= 0.6 is 0 Å². The molecule has 2 N–H and O–H groups in total. The second-order valence-electron chi connectivity index (χ2n) is 7.13. The molecule has 0 aliphatic heterocycles. The fraction of sp³-hybridized carbons (Fsp3) is 0.120. The molecular weight excluding hydrogens is 430 g/mol. The van der Waals surface area contributed by atoms with Crippen molar-refractivity contribution < 1.29 is 9.53 Å². The SMILES string of the molecule is Cc1cc(C#N)cc(C)c1Oc1nc(Nc2ccc(C#N)cc2)ncc1/C=C/C(=O)NCC#N. The summed E-state index contributed by atoms with van der Waals surface area (Å²) in [7, 11) is 0. The lowest BCUT2D eigenvalue weighted by Crippen LogP contribution is -2.20. The number of nitrogens with zero attached hydrogens (tertiary/aromatic N) is 5. The molecule has 34 heavy (non-hydrogen) atoms. The fourth-order valence-electron chi connectivity index (χ4n) is 3.01. The van der Waals surface area contributed by atoms with E-state index in [1.807, 2.05) is 19.9 Å². The van der Waals surface area contributed by atoms with Crippen LogP contribution in [0.5, 0.6) is 11.6 Å². The Kier molecular flexibility index (Phi) is 7.52. The van der Waals surface area contributed by atoms with E-state index in [0.717, 1.165) is 11.1 Å². The van der Waals surface area contributed by atoms with Crippen LogP contribution in [0.4, 0.5) is 11.6 Å². The lowest BCUT2D eigenvalue weighted by molar-refractivity contribution is -0.116. The van der Waals surface area contributed by atoms with Crippen molar-refractivity contribution >= 4 is 23.6 Å². The van der Waals surface area contributed by atoms with Gasteiger partial charge in [-0.2, -0.15) is 20.8 Å². The Hall–Kier alpha value is -5.20. The quantitative estimate of drug-likeness (QED) is 0.406. The van der Waals surface area contributed by atoms with Crippen molar-refractivity contribution in [3.05, 3.63) is 76.5 Å². The molecule has 9 nitrogen and oxygen atoms in total. The van der Waals surface area contributed by atoms with Gasteiger partial charge < -0.3 is 15.4 Å². The second kappa shape index (κ2) is 10.9. The lowest BCUT2D eigenvalue weighted by atomic mass is 10.1. The highest BCUT2D eigenvalue weighted by Gasteiger charge is 2.13. The Morgan fingerprint density at radius 1 is 1.06 bits per heavy atom. The van der Waals surface area contributed by atoms with E-state index in [0.29, 0.717) is 28.1 Å². The molecule has 1 heterocycles. The minimum atomic E-state index is -0.446. The van der Waals surface area contributed by atoms with Gasteiger partial charge in [0.25, 0.3) is 0 Å². The number of anilines is 2. The van der Waals surface area contributed by atoms with Crippen molar-refractivity contribution in [2.45, 2.75) is 13.8 Å². The van der Waals surface area contributed by atoms with Gasteiger partial charge in [0.05, 0.1) is 34.9 Å². The number of nitriles is 3. The average Bonchev–Trinajstić information content (AvgIpc) is 2.84. The van der Waals surface area contributed by atoms with E-state index >= 15 is 0 Å². The molecule has 2 aromatic carbocycles. The molecule has 166 valence electrons. The van der Waals surface area contributed by atoms with Crippen LogP contribution in [-0.2, 0) is 4.79 Å². The Labute approximate surface area is 196 Å². The molecule has 3 aromatic rings. The van der Waals surface area contributed by atoms with Crippen molar-refractivity contribution in [1.82, 2.24) is 15.3 Å². The van der Waals surface area contributed by atoms with E-state index in [4.69, 9.17) is 15.3 Å². The molecule has 3 rings (SSSR count). The Bertz CT molecular complexity index is 1350.